The summed E-state index contributed by atoms with van der Waals surface area (Å²) < 4.78 is 27.2. The summed E-state index contributed by atoms with van der Waals surface area (Å²) in [6.07, 6.45) is 0. The molecule has 1 amide bonds. The molecule has 2 aromatic carbocycles. The maximum atomic E-state index is 12.4. The molecule has 156 valence electrons. The van der Waals surface area contributed by atoms with Crippen LogP contribution in [0, 0.1) is 0 Å². The molecule has 8 nitrogen and oxygen atoms in total. The van der Waals surface area contributed by atoms with Gasteiger partial charge in [0.2, 0.25) is 5.75 Å². The monoisotopic (exact) mass is 411 g/mol. The van der Waals surface area contributed by atoms with E-state index < -0.39 is 18.5 Å². The first-order valence-electron chi connectivity index (χ1n) is 9.47. The highest BCUT2D eigenvalue weighted by atomic mass is 16.6. The number of carbonyl (C=O) groups is 2. The highest BCUT2D eigenvalue weighted by Crippen LogP contribution is 2.40. The molecule has 1 aliphatic rings. The number of nitrogens with one attached hydrogen (secondary N) is 1. The van der Waals surface area contributed by atoms with Crippen LogP contribution in [0.4, 0.5) is 0 Å². The number of rotatable bonds is 6. The van der Waals surface area contributed by atoms with Crippen molar-refractivity contribution >= 4 is 22.8 Å². The smallest absolute Gasteiger partial charge is 0.338 e. The summed E-state index contributed by atoms with van der Waals surface area (Å²) >= 11 is 0. The van der Waals surface area contributed by atoms with Crippen molar-refractivity contribution < 1.29 is 33.0 Å². The number of para-hydroxylation sites is 1. The Hall–Kier alpha value is -3.68. The number of esters is 1. The van der Waals surface area contributed by atoms with E-state index in [1.165, 1.54) is 19.2 Å². The normalized spacial score (nSPS) is 13.5. The van der Waals surface area contributed by atoms with Gasteiger partial charge in [-0.3, -0.25) is 4.79 Å². The Balaban J connectivity index is 1.37. The Kier molecular flexibility index (Phi) is 5.47. The highest BCUT2D eigenvalue weighted by Gasteiger charge is 2.22. The number of ether oxygens (including phenoxy) is 4. The van der Waals surface area contributed by atoms with Gasteiger partial charge in [-0.05, 0) is 31.2 Å². The molecule has 1 aromatic heterocycles. The molecule has 1 atom stereocenters. The SMILES string of the molecule is COc1cc(C(=O)OCC(=O)N[C@H](C)c2cc3ccccc3o2)cc2c1OCCO2. The van der Waals surface area contributed by atoms with Crippen LogP contribution in [0.5, 0.6) is 17.2 Å². The summed E-state index contributed by atoms with van der Waals surface area (Å²) in [5.41, 5.74) is 0.946. The van der Waals surface area contributed by atoms with Crippen LogP contribution in [0.1, 0.15) is 29.1 Å². The molecule has 0 unspecified atom stereocenters. The molecule has 2 heterocycles. The van der Waals surface area contributed by atoms with E-state index in [-0.39, 0.29) is 11.6 Å². The van der Waals surface area contributed by atoms with E-state index in [1.807, 2.05) is 30.3 Å². The van der Waals surface area contributed by atoms with Crippen LogP contribution in [-0.2, 0) is 9.53 Å². The van der Waals surface area contributed by atoms with Crippen molar-refractivity contribution in [2.75, 3.05) is 26.9 Å². The first-order valence-corrected chi connectivity index (χ1v) is 9.47. The zero-order valence-electron chi connectivity index (χ0n) is 16.6. The molecule has 30 heavy (non-hydrogen) atoms. The predicted octanol–water partition coefficient (Wildman–Crippen LogP) is 3.25. The van der Waals surface area contributed by atoms with Crippen molar-refractivity contribution in [3.05, 3.63) is 53.8 Å². The average Bonchev–Trinajstić information content (AvgIpc) is 3.21. The fraction of sp³-hybridized carbons (Fsp3) is 0.273. The summed E-state index contributed by atoms with van der Waals surface area (Å²) in [5.74, 6) is 0.709. The van der Waals surface area contributed by atoms with E-state index in [2.05, 4.69) is 5.32 Å². The van der Waals surface area contributed by atoms with Gasteiger partial charge in [-0.15, -0.1) is 0 Å². The van der Waals surface area contributed by atoms with E-state index >= 15 is 0 Å². The second-order valence-corrected chi connectivity index (χ2v) is 6.75. The number of amides is 1. The third kappa shape index (κ3) is 4.03. The van der Waals surface area contributed by atoms with Gasteiger partial charge in [0, 0.05) is 5.39 Å². The molecule has 0 radical (unpaired) electrons. The van der Waals surface area contributed by atoms with Crippen molar-refractivity contribution in [3.8, 4) is 17.2 Å². The van der Waals surface area contributed by atoms with Gasteiger partial charge in [-0.1, -0.05) is 18.2 Å². The molecule has 3 aromatic rings. The minimum atomic E-state index is -0.670. The lowest BCUT2D eigenvalue weighted by Gasteiger charge is -2.21. The van der Waals surface area contributed by atoms with E-state index in [9.17, 15) is 9.59 Å². The molecule has 8 heteroatoms. The zero-order valence-corrected chi connectivity index (χ0v) is 16.6. The lowest BCUT2D eigenvalue weighted by molar-refractivity contribution is -0.125. The predicted molar refractivity (Wildman–Crippen MR) is 107 cm³/mol. The van der Waals surface area contributed by atoms with Crippen molar-refractivity contribution in [1.29, 1.82) is 0 Å². The quantitative estimate of drug-likeness (QED) is 0.622. The Morgan fingerprint density at radius 2 is 1.93 bits per heavy atom. The van der Waals surface area contributed by atoms with E-state index in [0.29, 0.717) is 36.2 Å². The molecule has 4 rings (SSSR count). The largest absolute Gasteiger partial charge is 0.493 e. The maximum Gasteiger partial charge on any atom is 0.338 e. The van der Waals surface area contributed by atoms with Crippen LogP contribution in [0.3, 0.4) is 0 Å². The van der Waals surface area contributed by atoms with Crippen LogP contribution >= 0.6 is 0 Å². The first kappa shape index (κ1) is 19.6. The van der Waals surface area contributed by atoms with E-state index in [4.69, 9.17) is 23.4 Å². The number of carbonyl (C=O) groups excluding carboxylic acids is 2. The minimum Gasteiger partial charge on any atom is -0.493 e. The van der Waals surface area contributed by atoms with Crippen LogP contribution in [-0.4, -0.2) is 38.8 Å². The number of methoxy groups -OCH3 is 1. The van der Waals surface area contributed by atoms with Crippen LogP contribution in [0.2, 0.25) is 0 Å². The van der Waals surface area contributed by atoms with E-state index in [1.54, 1.807) is 6.92 Å². The summed E-state index contributed by atoms with van der Waals surface area (Å²) in [6.45, 7) is 2.14. The Morgan fingerprint density at radius 3 is 2.73 bits per heavy atom. The summed E-state index contributed by atoms with van der Waals surface area (Å²) in [6, 6.07) is 12.1. The van der Waals surface area contributed by atoms with Crippen molar-refractivity contribution in [3.63, 3.8) is 0 Å². The first-order chi connectivity index (χ1) is 14.5. The third-order valence-corrected chi connectivity index (χ3v) is 4.65. The van der Waals surface area contributed by atoms with Gasteiger partial charge in [-0.2, -0.15) is 0 Å². The number of furan rings is 1. The Labute approximate surface area is 172 Å². The molecule has 1 aliphatic heterocycles. The lowest BCUT2D eigenvalue weighted by Crippen LogP contribution is -2.31. The van der Waals surface area contributed by atoms with Gasteiger partial charge in [0.15, 0.2) is 18.1 Å². The molecule has 0 saturated carbocycles. The maximum absolute atomic E-state index is 12.4. The van der Waals surface area contributed by atoms with Crippen molar-refractivity contribution in [2.45, 2.75) is 13.0 Å². The lowest BCUT2D eigenvalue weighted by atomic mass is 10.1. The molecule has 1 N–H and O–H groups in total. The average molecular weight is 411 g/mol. The minimum absolute atomic E-state index is 0.203. The fourth-order valence-electron chi connectivity index (χ4n) is 3.18. The molecule has 0 fully saturated rings. The Bertz CT molecular complexity index is 1040. The summed E-state index contributed by atoms with van der Waals surface area (Å²) in [4.78, 5) is 24.6. The van der Waals surface area contributed by atoms with Gasteiger partial charge in [0.1, 0.15) is 24.6 Å². The molecular weight excluding hydrogens is 390 g/mol. The van der Waals surface area contributed by atoms with Crippen molar-refractivity contribution in [2.24, 2.45) is 0 Å². The molecular formula is C22H21NO7. The highest BCUT2D eigenvalue weighted by molar-refractivity contribution is 5.93. The zero-order chi connectivity index (χ0) is 21.1. The van der Waals surface area contributed by atoms with Crippen molar-refractivity contribution in [1.82, 2.24) is 5.32 Å². The molecule has 0 saturated heterocycles. The van der Waals surface area contributed by atoms with Gasteiger partial charge < -0.3 is 28.7 Å². The number of benzene rings is 2. The molecule has 0 aliphatic carbocycles. The standard InChI is InChI=1S/C22H21NO7/c1-13(17-9-14-5-3-4-6-16(14)30-17)23-20(24)12-29-22(25)15-10-18(26-2)21-19(11-15)27-7-8-28-21/h3-6,9-11,13H,7-8,12H2,1-2H3,(H,23,24)/t13-/m1/s1. The van der Waals surface area contributed by atoms with Crippen LogP contribution < -0.4 is 19.5 Å². The topological polar surface area (TPSA) is 96.2 Å². The van der Waals surface area contributed by atoms with E-state index in [0.717, 1.165) is 11.0 Å². The van der Waals surface area contributed by atoms with Gasteiger partial charge in [-0.25, -0.2) is 4.79 Å². The number of hydrogen-bond donors (Lipinski definition) is 1. The van der Waals surface area contributed by atoms with Gasteiger partial charge in [0.25, 0.3) is 5.91 Å². The van der Waals surface area contributed by atoms with Crippen LogP contribution in [0.25, 0.3) is 11.0 Å². The molecule has 0 bridgehead atoms. The Morgan fingerprint density at radius 1 is 1.13 bits per heavy atom. The summed E-state index contributed by atoms with van der Waals surface area (Å²) in [7, 11) is 1.47. The van der Waals surface area contributed by atoms with Gasteiger partial charge in [0.05, 0.1) is 18.7 Å². The number of hydrogen-bond acceptors (Lipinski definition) is 7. The third-order valence-electron chi connectivity index (χ3n) is 4.65. The second-order valence-electron chi connectivity index (χ2n) is 6.75. The summed E-state index contributed by atoms with van der Waals surface area (Å²) in [5, 5.41) is 3.71. The second kappa shape index (κ2) is 8.36. The fourth-order valence-corrected chi connectivity index (χ4v) is 3.18. The van der Waals surface area contributed by atoms with Crippen LogP contribution in [0.15, 0.2) is 46.9 Å². The molecule has 0 spiro atoms. The van der Waals surface area contributed by atoms with Gasteiger partial charge >= 0.3 is 5.97 Å². The number of fused-ring (bicyclic) bond motifs is 2.